The van der Waals surface area contributed by atoms with E-state index in [2.05, 4.69) is 10.3 Å². The lowest BCUT2D eigenvalue weighted by molar-refractivity contribution is -0.122. The second-order valence-electron chi connectivity index (χ2n) is 5.51. The summed E-state index contributed by atoms with van der Waals surface area (Å²) in [6.45, 7) is 1.82. The van der Waals surface area contributed by atoms with Crippen LogP contribution in [0.5, 0.6) is 5.75 Å². The molecular formula is C17H21N3O4S. The highest BCUT2D eigenvalue weighted by atomic mass is 32.2. The molecule has 7 nitrogen and oxygen atoms in total. The van der Waals surface area contributed by atoms with Crippen molar-refractivity contribution in [1.29, 1.82) is 0 Å². The standard InChI is InChI=1S/C17H21N3O4S/c1-13(17(21)19-12-14-5-4-10-18-11-14)20(25(3,22)23)15-6-8-16(24-2)9-7-15/h4-11,13H,12H2,1-3H3,(H,19,21)/t13-/m1/s1. The zero-order valence-corrected chi connectivity index (χ0v) is 15.2. The summed E-state index contributed by atoms with van der Waals surface area (Å²) in [5.74, 6) is 0.205. The Bertz CT molecular complexity index is 808. The maximum Gasteiger partial charge on any atom is 0.243 e. The van der Waals surface area contributed by atoms with Gasteiger partial charge in [0.15, 0.2) is 0 Å². The largest absolute Gasteiger partial charge is 0.497 e. The van der Waals surface area contributed by atoms with Crippen molar-refractivity contribution in [3.8, 4) is 5.75 Å². The molecule has 1 atom stereocenters. The molecule has 1 aromatic heterocycles. The lowest BCUT2D eigenvalue weighted by atomic mass is 10.2. The van der Waals surface area contributed by atoms with Gasteiger partial charge in [0.2, 0.25) is 15.9 Å². The second kappa shape index (κ2) is 7.98. The highest BCUT2D eigenvalue weighted by Gasteiger charge is 2.28. The van der Waals surface area contributed by atoms with Crippen LogP contribution < -0.4 is 14.4 Å². The summed E-state index contributed by atoms with van der Waals surface area (Å²) >= 11 is 0. The first kappa shape index (κ1) is 18.7. The van der Waals surface area contributed by atoms with Gasteiger partial charge in [-0.1, -0.05) is 6.07 Å². The molecule has 8 heteroatoms. The summed E-state index contributed by atoms with van der Waals surface area (Å²) in [6.07, 6.45) is 4.36. The number of methoxy groups -OCH3 is 1. The van der Waals surface area contributed by atoms with Crippen molar-refractivity contribution in [2.45, 2.75) is 19.5 Å². The van der Waals surface area contributed by atoms with Crippen molar-refractivity contribution >= 4 is 21.6 Å². The van der Waals surface area contributed by atoms with Gasteiger partial charge in [0, 0.05) is 18.9 Å². The Kier molecular flexibility index (Phi) is 5.97. The molecule has 2 rings (SSSR count). The minimum Gasteiger partial charge on any atom is -0.497 e. The maximum atomic E-state index is 12.4. The molecule has 0 radical (unpaired) electrons. The quantitative estimate of drug-likeness (QED) is 0.806. The zero-order valence-electron chi connectivity index (χ0n) is 14.3. The topological polar surface area (TPSA) is 88.6 Å². The zero-order chi connectivity index (χ0) is 18.4. The Balaban J connectivity index is 2.17. The molecule has 0 bridgehead atoms. The second-order valence-corrected chi connectivity index (χ2v) is 7.37. The molecular weight excluding hydrogens is 342 g/mol. The number of pyridine rings is 1. The van der Waals surface area contributed by atoms with Crippen molar-refractivity contribution in [2.75, 3.05) is 17.7 Å². The van der Waals surface area contributed by atoms with Gasteiger partial charge in [-0.2, -0.15) is 0 Å². The van der Waals surface area contributed by atoms with Crippen LogP contribution in [0.3, 0.4) is 0 Å². The predicted molar refractivity (Wildman–Crippen MR) is 95.9 cm³/mol. The van der Waals surface area contributed by atoms with E-state index in [1.165, 1.54) is 7.11 Å². The van der Waals surface area contributed by atoms with Crippen LogP contribution in [0.2, 0.25) is 0 Å². The Morgan fingerprint density at radius 3 is 2.48 bits per heavy atom. The van der Waals surface area contributed by atoms with E-state index < -0.39 is 22.0 Å². The smallest absolute Gasteiger partial charge is 0.243 e. The summed E-state index contributed by atoms with van der Waals surface area (Å²) < 4.78 is 30.6. The van der Waals surface area contributed by atoms with E-state index in [1.807, 2.05) is 6.07 Å². The number of aromatic nitrogens is 1. The number of sulfonamides is 1. The fourth-order valence-corrected chi connectivity index (χ4v) is 3.55. The van der Waals surface area contributed by atoms with Crippen molar-refractivity contribution < 1.29 is 17.9 Å². The van der Waals surface area contributed by atoms with Crippen LogP contribution in [-0.4, -0.2) is 38.7 Å². The third-order valence-electron chi connectivity index (χ3n) is 3.60. The molecule has 1 N–H and O–H groups in total. The van der Waals surface area contributed by atoms with Crippen LogP contribution >= 0.6 is 0 Å². The summed E-state index contributed by atoms with van der Waals surface area (Å²) in [6, 6.07) is 9.19. The molecule has 0 aliphatic heterocycles. The molecule has 0 aliphatic rings. The first-order valence-corrected chi connectivity index (χ1v) is 9.48. The fraction of sp³-hybridized carbons (Fsp3) is 0.294. The summed E-state index contributed by atoms with van der Waals surface area (Å²) in [4.78, 5) is 16.4. The summed E-state index contributed by atoms with van der Waals surface area (Å²) in [5.41, 5.74) is 1.23. The first-order chi connectivity index (χ1) is 11.8. The Morgan fingerprint density at radius 1 is 1.28 bits per heavy atom. The van der Waals surface area contributed by atoms with E-state index in [4.69, 9.17) is 4.74 Å². The SMILES string of the molecule is COc1ccc(N([C@H](C)C(=O)NCc2cccnc2)S(C)(=O)=O)cc1. The van der Waals surface area contributed by atoms with Crippen LogP contribution in [-0.2, 0) is 21.4 Å². The third-order valence-corrected chi connectivity index (χ3v) is 4.85. The number of anilines is 1. The number of hydrogen-bond acceptors (Lipinski definition) is 5. The number of ether oxygens (including phenoxy) is 1. The molecule has 0 saturated carbocycles. The lowest BCUT2D eigenvalue weighted by Gasteiger charge is -2.28. The molecule has 0 unspecified atom stereocenters. The molecule has 1 heterocycles. The first-order valence-electron chi connectivity index (χ1n) is 7.63. The van der Waals surface area contributed by atoms with Crippen molar-refractivity contribution in [3.63, 3.8) is 0 Å². The van der Waals surface area contributed by atoms with E-state index in [1.54, 1.807) is 49.6 Å². The number of amides is 1. The van der Waals surface area contributed by atoms with Gasteiger partial charge >= 0.3 is 0 Å². The molecule has 0 spiro atoms. The van der Waals surface area contributed by atoms with Crippen LogP contribution in [0.25, 0.3) is 0 Å². The molecule has 1 amide bonds. The highest BCUT2D eigenvalue weighted by Crippen LogP contribution is 2.23. The van der Waals surface area contributed by atoms with Gasteiger partial charge < -0.3 is 10.1 Å². The monoisotopic (exact) mass is 363 g/mol. The van der Waals surface area contributed by atoms with Crippen molar-refractivity contribution in [1.82, 2.24) is 10.3 Å². The van der Waals surface area contributed by atoms with Crippen LogP contribution in [0.1, 0.15) is 12.5 Å². The summed E-state index contributed by atoms with van der Waals surface area (Å²) in [7, 11) is -2.12. The fourth-order valence-electron chi connectivity index (χ4n) is 2.38. The van der Waals surface area contributed by atoms with Crippen LogP contribution in [0.15, 0.2) is 48.8 Å². The average Bonchev–Trinajstić information content (AvgIpc) is 2.60. The predicted octanol–water partition coefficient (Wildman–Crippen LogP) is 1.56. The molecule has 0 aliphatic carbocycles. The van der Waals surface area contributed by atoms with Gasteiger partial charge in [-0.05, 0) is 42.8 Å². The van der Waals surface area contributed by atoms with Gasteiger partial charge in [-0.15, -0.1) is 0 Å². The number of hydrogen-bond donors (Lipinski definition) is 1. The number of carbonyl (C=O) groups is 1. The minimum atomic E-state index is -3.65. The van der Waals surface area contributed by atoms with E-state index >= 15 is 0 Å². The van der Waals surface area contributed by atoms with Crippen molar-refractivity contribution in [3.05, 3.63) is 54.4 Å². The molecule has 25 heavy (non-hydrogen) atoms. The minimum absolute atomic E-state index is 0.275. The van der Waals surface area contributed by atoms with Gasteiger partial charge in [0.25, 0.3) is 0 Å². The van der Waals surface area contributed by atoms with Crippen LogP contribution in [0, 0.1) is 0 Å². The Labute approximate surface area is 147 Å². The maximum absolute atomic E-state index is 12.4. The number of nitrogens with zero attached hydrogens (tertiary/aromatic N) is 2. The molecule has 0 saturated heterocycles. The number of carbonyl (C=O) groups excluding carboxylic acids is 1. The average molecular weight is 363 g/mol. The molecule has 2 aromatic rings. The normalized spacial score (nSPS) is 12.3. The summed E-state index contributed by atoms with van der Waals surface area (Å²) in [5, 5.41) is 2.73. The van der Waals surface area contributed by atoms with Gasteiger partial charge in [0.1, 0.15) is 11.8 Å². The Morgan fingerprint density at radius 2 is 1.96 bits per heavy atom. The van der Waals surface area contributed by atoms with E-state index in [9.17, 15) is 13.2 Å². The third kappa shape index (κ3) is 4.93. The van der Waals surface area contributed by atoms with E-state index in [0.29, 0.717) is 11.4 Å². The van der Waals surface area contributed by atoms with Crippen LogP contribution in [0.4, 0.5) is 5.69 Å². The number of benzene rings is 1. The number of nitrogens with one attached hydrogen (secondary N) is 1. The van der Waals surface area contributed by atoms with Crippen molar-refractivity contribution in [2.24, 2.45) is 0 Å². The van der Waals surface area contributed by atoms with Gasteiger partial charge in [-0.3, -0.25) is 14.1 Å². The van der Waals surface area contributed by atoms with E-state index in [0.717, 1.165) is 16.1 Å². The van der Waals surface area contributed by atoms with E-state index in [-0.39, 0.29) is 6.54 Å². The number of rotatable bonds is 7. The van der Waals surface area contributed by atoms with Gasteiger partial charge in [0.05, 0.1) is 19.1 Å². The lowest BCUT2D eigenvalue weighted by Crippen LogP contribution is -2.47. The van der Waals surface area contributed by atoms with Gasteiger partial charge in [-0.25, -0.2) is 8.42 Å². The Hall–Kier alpha value is -2.61. The molecule has 0 fully saturated rings. The molecule has 1 aromatic carbocycles. The highest BCUT2D eigenvalue weighted by molar-refractivity contribution is 7.92. The molecule has 134 valence electrons.